The molecule has 3 aromatic carbocycles. The Labute approximate surface area is 210 Å². The van der Waals surface area contributed by atoms with Crippen molar-refractivity contribution in [1.29, 1.82) is 0 Å². The second-order valence-electron chi connectivity index (χ2n) is 8.47. The summed E-state index contributed by atoms with van der Waals surface area (Å²) in [7, 11) is 0. The molecule has 0 radical (unpaired) electrons. The lowest BCUT2D eigenvalue weighted by molar-refractivity contribution is -0.143. The summed E-state index contributed by atoms with van der Waals surface area (Å²) < 4.78 is 0. The highest BCUT2D eigenvalue weighted by Gasteiger charge is 2.42. The summed E-state index contributed by atoms with van der Waals surface area (Å²) in [4.78, 5) is 32.3. The molecule has 0 bridgehead atoms. The average Bonchev–Trinajstić information content (AvgIpc) is 3.27. The van der Waals surface area contributed by atoms with Gasteiger partial charge in [0.25, 0.3) is 0 Å². The Morgan fingerprint density at radius 2 is 1.71 bits per heavy atom. The first-order valence-electron chi connectivity index (χ1n) is 11.2. The molecule has 1 heterocycles. The molecule has 1 saturated carbocycles. The van der Waals surface area contributed by atoms with Gasteiger partial charge in [0.05, 0.1) is 11.3 Å². The van der Waals surface area contributed by atoms with Crippen molar-refractivity contribution in [3.63, 3.8) is 0 Å². The van der Waals surface area contributed by atoms with Crippen LogP contribution in [0.1, 0.15) is 12.8 Å². The second-order valence-corrected chi connectivity index (χ2v) is 10.2. The molecule has 1 aliphatic rings. The summed E-state index contributed by atoms with van der Waals surface area (Å²) in [6.07, 6.45) is 1.43. The first-order chi connectivity index (χ1) is 17.0. The van der Waals surface area contributed by atoms with Gasteiger partial charge in [0.15, 0.2) is 0 Å². The summed E-state index contributed by atoms with van der Waals surface area (Å²) in [5.41, 5.74) is 2.22. The molecule has 0 unspecified atom stereocenters. The third-order valence-electron chi connectivity index (χ3n) is 6.29. The number of fused-ring (bicyclic) bond motifs is 1. The summed E-state index contributed by atoms with van der Waals surface area (Å²) in [5, 5.41) is 18.8. The Morgan fingerprint density at radius 1 is 1.03 bits per heavy atom. The highest BCUT2D eigenvalue weighted by atomic mass is 35.5. The van der Waals surface area contributed by atoms with Gasteiger partial charge < -0.3 is 9.94 Å². The fraction of sp³-hybridized carbons (Fsp3) is 0.231. The number of halogens is 1. The van der Waals surface area contributed by atoms with Crippen LogP contribution in [0.4, 0.5) is 0 Å². The lowest BCUT2D eigenvalue weighted by atomic mass is 9.97. The minimum Gasteiger partial charge on any atom is -0.481 e. The van der Waals surface area contributed by atoms with E-state index in [2.05, 4.69) is 10.3 Å². The van der Waals surface area contributed by atoms with E-state index in [9.17, 15) is 14.7 Å². The molecule has 1 aromatic heterocycles. The van der Waals surface area contributed by atoms with Crippen LogP contribution in [0.25, 0.3) is 22.0 Å². The fourth-order valence-corrected chi connectivity index (χ4v) is 6.00. The lowest BCUT2D eigenvalue weighted by Gasteiger charge is -2.21. The number of carboxylic acids is 1. The lowest BCUT2D eigenvalue weighted by Crippen LogP contribution is -2.36. The molecule has 5 rings (SSSR count). The van der Waals surface area contributed by atoms with Crippen LogP contribution in [0.2, 0.25) is 5.02 Å². The maximum Gasteiger partial charge on any atom is 0.314 e. The first kappa shape index (κ1) is 23.4. The van der Waals surface area contributed by atoms with E-state index < -0.39 is 17.4 Å². The molecule has 178 valence electrons. The molecular weight excluding hydrogens is 486 g/mol. The van der Waals surface area contributed by atoms with E-state index in [1.165, 1.54) is 0 Å². The normalized spacial score (nSPS) is 19.6. The number of carbonyl (C=O) groups is 1. The van der Waals surface area contributed by atoms with Gasteiger partial charge >= 0.3 is 11.5 Å². The molecule has 0 spiro atoms. The number of hydrogen-bond donors (Lipinski definition) is 1. The zero-order valence-electron chi connectivity index (χ0n) is 18.6. The number of hydrogen-bond acceptors (Lipinski definition) is 6. The van der Waals surface area contributed by atoms with Gasteiger partial charge in [-0.05, 0) is 70.4 Å². The van der Waals surface area contributed by atoms with Gasteiger partial charge in [-0.3, -0.25) is 9.59 Å². The van der Waals surface area contributed by atoms with Crippen LogP contribution in [0.3, 0.4) is 0 Å². The molecule has 1 N–H and O–H groups in total. The monoisotopic (exact) mass is 507 g/mol. The molecule has 3 atom stereocenters. The van der Waals surface area contributed by atoms with Crippen molar-refractivity contribution in [1.82, 2.24) is 15.2 Å². The van der Waals surface area contributed by atoms with E-state index in [-0.39, 0.29) is 17.8 Å². The van der Waals surface area contributed by atoms with E-state index in [0.29, 0.717) is 22.3 Å². The third-order valence-corrected chi connectivity index (χ3v) is 7.92. The van der Waals surface area contributed by atoms with Crippen LogP contribution in [0.5, 0.6) is 0 Å². The molecular formula is C26H22ClN3O4S. The summed E-state index contributed by atoms with van der Waals surface area (Å²) >= 11 is 7.55. The summed E-state index contributed by atoms with van der Waals surface area (Å²) in [5.74, 6) is -1.69. The maximum absolute atomic E-state index is 12.6. The summed E-state index contributed by atoms with van der Waals surface area (Å²) in [6.45, 7) is 0.0798. The number of nitrogens with zero attached hydrogens (tertiary/aromatic N) is 3. The van der Waals surface area contributed by atoms with E-state index >= 15 is 0 Å². The Morgan fingerprint density at radius 3 is 2.43 bits per heavy atom. The number of aliphatic carboxylic acids is 1. The number of carboxylic acid groups (broad SMARTS) is 1. The third kappa shape index (κ3) is 5.04. The minimum atomic E-state index is -0.858. The first-order valence-corrected chi connectivity index (χ1v) is 12.5. The number of thioether (sulfide) groups is 1. The van der Waals surface area contributed by atoms with Gasteiger partial charge in [0, 0.05) is 21.1 Å². The topological polar surface area (TPSA) is 94.3 Å². The second kappa shape index (κ2) is 10.1. The Hall–Kier alpha value is -3.36. The smallest absolute Gasteiger partial charge is 0.314 e. The van der Waals surface area contributed by atoms with Crippen molar-refractivity contribution in [2.24, 2.45) is 11.8 Å². The van der Waals surface area contributed by atoms with Crippen LogP contribution in [-0.2, 0) is 4.79 Å². The zero-order chi connectivity index (χ0) is 24.4. The Balaban J connectivity index is 1.26. The van der Waals surface area contributed by atoms with Gasteiger partial charge in [-0.25, -0.2) is 0 Å². The van der Waals surface area contributed by atoms with E-state index in [1.807, 2.05) is 48.5 Å². The predicted molar refractivity (Wildman–Crippen MR) is 136 cm³/mol. The van der Waals surface area contributed by atoms with Crippen LogP contribution in [-0.4, -0.2) is 38.1 Å². The molecule has 35 heavy (non-hydrogen) atoms. The van der Waals surface area contributed by atoms with Gasteiger partial charge in [-0.15, -0.1) is 16.9 Å². The van der Waals surface area contributed by atoms with Crippen LogP contribution < -0.4 is 10.4 Å². The standard InChI is InChI=1S/C26H22ClN3O4S/c27-19-10-5-16(6-11-19)17-7-12-20(13-8-17)35-23-14-9-18(24(23)26(32)33)15-34-30-25(31)21-3-1-2-4-22(21)28-29-30/h1-8,10-13,18,23-24H,9,14-15H2,(H,32,33)/t18-,23-,24-/m1/s1. The van der Waals surface area contributed by atoms with E-state index in [0.717, 1.165) is 27.3 Å². The molecule has 0 amide bonds. The number of rotatable bonds is 7. The van der Waals surface area contributed by atoms with Crippen LogP contribution in [0.15, 0.2) is 82.5 Å². The molecule has 1 fully saturated rings. The molecule has 7 nitrogen and oxygen atoms in total. The Kier molecular flexibility index (Phi) is 6.74. The van der Waals surface area contributed by atoms with Crippen molar-refractivity contribution in [3.05, 3.63) is 88.2 Å². The van der Waals surface area contributed by atoms with Crippen LogP contribution >= 0.6 is 23.4 Å². The molecule has 1 aliphatic carbocycles. The number of benzene rings is 3. The molecule has 0 aliphatic heterocycles. The SMILES string of the molecule is O=C(O)[C@@H]1[C@@H](COn2nnc3ccccc3c2=O)CC[C@H]1Sc1ccc(-c2ccc(Cl)cc2)cc1. The van der Waals surface area contributed by atoms with Crippen molar-refractivity contribution in [2.45, 2.75) is 23.0 Å². The highest BCUT2D eigenvalue weighted by molar-refractivity contribution is 8.00. The van der Waals surface area contributed by atoms with Gasteiger partial charge in [-0.1, -0.05) is 48.0 Å². The zero-order valence-corrected chi connectivity index (χ0v) is 20.2. The van der Waals surface area contributed by atoms with Gasteiger partial charge in [0.2, 0.25) is 0 Å². The Bertz CT molecular complexity index is 1410. The quantitative estimate of drug-likeness (QED) is 0.383. The van der Waals surface area contributed by atoms with Crippen LogP contribution in [0, 0.1) is 11.8 Å². The maximum atomic E-state index is 12.6. The molecule has 0 saturated heterocycles. The fourth-order valence-electron chi connectivity index (χ4n) is 4.49. The van der Waals surface area contributed by atoms with E-state index in [1.54, 1.807) is 36.0 Å². The van der Waals surface area contributed by atoms with Crippen molar-refractivity contribution in [3.8, 4) is 11.1 Å². The van der Waals surface area contributed by atoms with Crippen molar-refractivity contribution < 1.29 is 14.7 Å². The van der Waals surface area contributed by atoms with Crippen molar-refractivity contribution >= 4 is 40.2 Å². The minimum absolute atomic E-state index is 0.0798. The average molecular weight is 508 g/mol. The predicted octanol–water partition coefficient (Wildman–Crippen LogP) is 4.81. The van der Waals surface area contributed by atoms with Crippen molar-refractivity contribution in [2.75, 3.05) is 6.61 Å². The van der Waals surface area contributed by atoms with Gasteiger partial charge in [-0.2, -0.15) is 0 Å². The number of aromatic nitrogens is 3. The van der Waals surface area contributed by atoms with Gasteiger partial charge in [0.1, 0.15) is 12.1 Å². The highest BCUT2D eigenvalue weighted by Crippen LogP contribution is 2.43. The molecule has 9 heteroatoms. The largest absolute Gasteiger partial charge is 0.481 e. The summed E-state index contributed by atoms with van der Waals surface area (Å²) in [6, 6.07) is 22.6. The van der Waals surface area contributed by atoms with E-state index in [4.69, 9.17) is 16.4 Å². The molecule has 4 aromatic rings.